The van der Waals surface area contributed by atoms with E-state index in [-0.39, 0.29) is 0 Å². The van der Waals surface area contributed by atoms with E-state index >= 15 is 0 Å². The first kappa shape index (κ1) is 24.3. The molecule has 0 atom stereocenters. The molecule has 0 bridgehead atoms. The molecule has 127 valence electrons. The standard InChI is InChI=1S/C4H7.2F6P.Ni/c1-4(2)3;2*1-7(2,3,4,5)6;/h1-2H2,3H3;;;/q;2*-1;+2. The Kier molecular flexibility index (Phi) is 5.92. The third kappa shape index (κ3) is 950. The van der Waals surface area contributed by atoms with E-state index in [0.717, 1.165) is 11.0 Å². The van der Waals surface area contributed by atoms with Gasteiger partial charge in [-0.3, -0.25) is 0 Å². The molecule has 0 saturated heterocycles. The molecule has 0 aromatic carbocycles. The van der Waals surface area contributed by atoms with Crippen LogP contribution in [0.5, 0.6) is 0 Å². The summed E-state index contributed by atoms with van der Waals surface area (Å²) < 4.78 is 118. The first-order valence-electron chi connectivity index (χ1n) is 3.46. The number of halogens is 12. The fraction of sp³-hybridized carbons (Fsp3) is 0.500. The minimum atomic E-state index is -10.7. The summed E-state index contributed by atoms with van der Waals surface area (Å²) in [4.78, 5) is 0. The van der Waals surface area contributed by atoms with E-state index < -0.39 is 15.6 Å². The molecule has 19 heavy (non-hydrogen) atoms. The number of allylic oxidation sites excluding steroid dienone is 1. The molecule has 0 nitrogen and oxygen atoms in total. The summed E-state index contributed by atoms with van der Waals surface area (Å²) in [5.41, 5.74) is 1.09. The predicted molar refractivity (Wildman–Crippen MR) is 46.8 cm³/mol. The minimum absolute atomic E-state index is 0.736. The number of hydrogen-bond acceptors (Lipinski definition) is 0. The van der Waals surface area contributed by atoms with Crippen molar-refractivity contribution in [1.29, 1.82) is 0 Å². The Balaban J connectivity index is -0.000000206. The van der Waals surface area contributed by atoms with Crippen LogP contribution in [0.3, 0.4) is 0 Å². The van der Waals surface area contributed by atoms with Gasteiger partial charge in [0.05, 0.1) is 0 Å². The van der Waals surface area contributed by atoms with Gasteiger partial charge in [-0.25, -0.2) is 0 Å². The quantitative estimate of drug-likeness (QED) is 0.179. The van der Waals surface area contributed by atoms with Crippen molar-refractivity contribution >= 4 is 15.6 Å². The normalized spacial score (nSPS) is 19.1. The fourth-order valence-corrected chi connectivity index (χ4v) is 0. The zero-order chi connectivity index (χ0) is 17.1. The van der Waals surface area contributed by atoms with Crippen molar-refractivity contribution in [3.63, 3.8) is 0 Å². The molecule has 0 aromatic rings. The molecule has 0 aromatic heterocycles. The van der Waals surface area contributed by atoms with E-state index in [1.54, 1.807) is 0 Å². The van der Waals surface area contributed by atoms with Crippen LogP contribution in [0.1, 0.15) is 6.92 Å². The third-order valence-electron chi connectivity index (χ3n) is 0.191. The van der Waals surface area contributed by atoms with Crippen LogP contribution in [0.15, 0.2) is 12.2 Å². The SMILES string of the molecule is C=C(C)[CH2][Ni+2].F[P-](F)(F)(F)(F)F.F[P-](F)(F)(F)(F)F. The summed E-state index contributed by atoms with van der Waals surface area (Å²) in [5, 5.41) is 0.736. The molecule has 0 saturated carbocycles. The Bertz CT molecular complexity index is 262. The third-order valence-corrected chi connectivity index (χ3v) is 0.787. The monoisotopic (exact) mass is 403 g/mol. The van der Waals surface area contributed by atoms with Crippen molar-refractivity contribution in [2.75, 3.05) is 0 Å². The zero-order valence-corrected chi connectivity index (χ0v) is 11.4. The summed E-state index contributed by atoms with van der Waals surface area (Å²) in [6.07, 6.45) is 0. The van der Waals surface area contributed by atoms with Crippen LogP contribution in [0.25, 0.3) is 0 Å². The van der Waals surface area contributed by atoms with Gasteiger partial charge in [-0.2, -0.15) is 0 Å². The van der Waals surface area contributed by atoms with Gasteiger partial charge in [0.2, 0.25) is 0 Å². The Labute approximate surface area is 107 Å². The van der Waals surface area contributed by atoms with E-state index in [1.165, 1.54) is 0 Å². The van der Waals surface area contributed by atoms with Crippen LogP contribution in [-0.2, 0) is 15.5 Å². The van der Waals surface area contributed by atoms with E-state index in [0.29, 0.717) is 0 Å². The second-order valence-electron chi connectivity index (χ2n) is 2.99. The molecule has 15 heteroatoms. The molecule has 0 unspecified atom stereocenters. The summed E-state index contributed by atoms with van der Waals surface area (Å²) in [5.74, 6) is 0. The fourth-order valence-electron chi connectivity index (χ4n) is 0. The maximum atomic E-state index is 9.87. The van der Waals surface area contributed by atoms with Crippen molar-refractivity contribution in [3.8, 4) is 0 Å². The van der Waals surface area contributed by atoms with Gasteiger partial charge in [0, 0.05) is 0 Å². The topological polar surface area (TPSA) is 0 Å². The van der Waals surface area contributed by atoms with E-state index in [2.05, 4.69) is 22.0 Å². The van der Waals surface area contributed by atoms with E-state index in [1.807, 2.05) is 6.92 Å². The summed E-state index contributed by atoms with van der Waals surface area (Å²) in [6.45, 7) is 5.51. The second kappa shape index (κ2) is 4.63. The van der Waals surface area contributed by atoms with Crippen molar-refractivity contribution in [3.05, 3.63) is 12.2 Å². The summed E-state index contributed by atoms with van der Waals surface area (Å²) >= 11 is 4.33. The van der Waals surface area contributed by atoms with E-state index in [4.69, 9.17) is 0 Å². The van der Waals surface area contributed by atoms with Crippen LogP contribution in [-0.4, -0.2) is 0 Å². The molecule has 0 heterocycles. The summed E-state index contributed by atoms with van der Waals surface area (Å²) in [6, 6.07) is 0. The number of hydrogen-bond donors (Lipinski definition) is 0. The molecule has 0 aliphatic carbocycles. The molecule has 0 rings (SSSR count). The average molecular weight is 404 g/mol. The van der Waals surface area contributed by atoms with Crippen molar-refractivity contribution in [2.24, 2.45) is 0 Å². The van der Waals surface area contributed by atoms with E-state index in [9.17, 15) is 50.4 Å². The van der Waals surface area contributed by atoms with Gasteiger partial charge >= 0.3 is 106 Å². The van der Waals surface area contributed by atoms with Gasteiger partial charge in [0.25, 0.3) is 0 Å². The first-order valence-corrected chi connectivity index (χ1v) is 8.21. The van der Waals surface area contributed by atoms with Gasteiger partial charge in [0.1, 0.15) is 0 Å². The Morgan fingerprint density at radius 2 is 0.789 bits per heavy atom. The Morgan fingerprint density at radius 1 is 0.737 bits per heavy atom. The first-order chi connectivity index (χ1) is 7.17. The molecule has 0 amide bonds. The average Bonchev–Trinajstić information content (AvgIpc) is 1.71. The Morgan fingerprint density at radius 3 is 0.789 bits per heavy atom. The summed E-state index contributed by atoms with van der Waals surface area (Å²) in [7, 11) is -21.3. The van der Waals surface area contributed by atoms with Gasteiger partial charge in [0.15, 0.2) is 0 Å². The van der Waals surface area contributed by atoms with Crippen LogP contribution in [0, 0.1) is 0 Å². The van der Waals surface area contributed by atoms with Crippen LogP contribution in [0.4, 0.5) is 50.4 Å². The zero-order valence-electron chi connectivity index (χ0n) is 8.66. The van der Waals surface area contributed by atoms with Crippen molar-refractivity contribution < 1.29 is 65.8 Å². The number of rotatable bonds is 1. The van der Waals surface area contributed by atoms with Crippen molar-refractivity contribution in [2.45, 2.75) is 12.3 Å². The van der Waals surface area contributed by atoms with Gasteiger partial charge < -0.3 is 0 Å². The van der Waals surface area contributed by atoms with Crippen molar-refractivity contribution in [1.82, 2.24) is 0 Å². The molecular formula is C4H7F12NiP2. The van der Waals surface area contributed by atoms with Gasteiger partial charge in [-0.15, -0.1) is 0 Å². The molecule has 0 aliphatic rings. The van der Waals surface area contributed by atoms with Gasteiger partial charge in [-0.05, 0) is 0 Å². The molecule has 0 N–H and O–H groups in total. The van der Waals surface area contributed by atoms with Gasteiger partial charge in [-0.1, -0.05) is 0 Å². The van der Waals surface area contributed by atoms with Crippen LogP contribution in [0.2, 0.25) is 5.39 Å². The second-order valence-corrected chi connectivity index (χ2v) is 7.17. The predicted octanol–water partition coefficient (Wildman–Crippen LogP) is 8.29. The maximum absolute atomic E-state index is 10.7. The molecule has 0 fully saturated rings. The molecule has 0 radical (unpaired) electrons. The Hall–Kier alpha value is 0.254. The van der Waals surface area contributed by atoms with Crippen LogP contribution < -0.4 is 0 Å². The molecule has 0 aliphatic heterocycles. The van der Waals surface area contributed by atoms with Crippen LogP contribution >= 0.6 is 15.6 Å². The molecule has 0 spiro atoms. The molecular weight excluding hydrogens is 397 g/mol.